The summed E-state index contributed by atoms with van der Waals surface area (Å²) < 4.78 is 23.8. The number of allylic oxidation sites excluding steroid dienone is 5. The summed E-state index contributed by atoms with van der Waals surface area (Å²) in [6.45, 7) is 8.82. The molecule has 104 valence electrons. The van der Waals surface area contributed by atoms with Crippen molar-refractivity contribution >= 4 is 17.2 Å². The molecule has 2 atom stereocenters. The van der Waals surface area contributed by atoms with Crippen LogP contribution in [0.1, 0.15) is 13.3 Å². The van der Waals surface area contributed by atoms with Crippen LogP contribution >= 0.6 is 0 Å². The van der Waals surface area contributed by atoms with Crippen molar-refractivity contribution in [3.8, 4) is 0 Å². The SMILES string of the molecule is C=C/C=C1/C[C@@H](NC(C)=O)CN(S(=O)[O-])/C1=C/C=C. The molecular weight excluding hydrogens is 264 g/mol. The molecule has 0 aromatic carbocycles. The summed E-state index contributed by atoms with van der Waals surface area (Å²) in [7, 11) is 0. The zero-order chi connectivity index (χ0) is 14.4. The van der Waals surface area contributed by atoms with Crippen LogP contribution in [0.15, 0.2) is 48.7 Å². The minimum atomic E-state index is -2.40. The Balaban J connectivity index is 3.11. The van der Waals surface area contributed by atoms with E-state index < -0.39 is 11.3 Å². The number of amides is 1. The van der Waals surface area contributed by atoms with Crippen molar-refractivity contribution < 1.29 is 13.6 Å². The van der Waals surface area contributed by atoms with Crippen molar-refractivity contribution in [1.82, 2.24) is 9.62 Å². The average molecular weight is 281 g/mol. The first-order valence-electron chi connectivity index (χ1n) is 5.78. The summed E-state index contributed by atoms with van der Waals surface area (Å²) in [5, 5.41) is 2.74. The lowest BCUT2D eigenvalue weighted by atomic mass is 9.97. The van der Waals surface area contributed by atoms with Gasteiger partial charge in [-0.15, -0.1) is 0 Å². The molecule has 5 nitrogen and oxygen atoms in total. The van der Waals surface area contributed by atoms with E-state index in [4.69, 9.17) is 0 Å². The number of nitrogens with one attached hydrogen (secondary N) is 1. The number of hydrogen-bond donors (Lipinski definition) is 1. The molecule has 19 heavy (non-hydrogen) atoms. The monoisotopic (exact) mass is 281 g/mol. The fourth-order valence-electron chi connectivity index (χ4n) is 2.02. The van der Waals surface area contributed by atoms with Crippen LogP contribution in [0.3, 0.4) is 0 Å². The van der Waals surface area contributed by atoms with Crippen LogP contribution in [0.5, 0.6) is 0 Å². The molecule has 0 radical (unpaired) electrons. The summed E-state index contributed by atoms with van der Waals surface area (Å²) in [6.07, 6.45) is 7.05. The van der Waals surface area contributed by atoms with Crippen LogP contribution in [0.2, 0.25) is 0 Å². The average Bonchev–Trinajstić information content (AvgIpc) is 2.31. The van der Waals surface area contributed by atoms with E-state index in [9.17, 15) is 13.6 Å². The maximum absolute atomic E-state index is 11.3. The van der Waals surface area contributed by atoms with Gasteiger partial charge in [0.25, 0.3) is 0 Å². The zero-order valence-corrected chi connectivity index (χ0v) is 11.6. The first-order chi connectivity index (χ1) is 8.99. The summed E-state index contributed by atoms with van der Waals surface area (Å²) in [5.41, 5.74) is 1.36. The van der Waals surface area contributed by atoms with Gasteiger partial charge in [-0.25, -0.2) is 0 Å². The molecule has 1 saturated heterocycles. The van der Waals surface area contributed by atoms with E-state index in [2.05, 4.69) is 18.5 Å². The quantitative estimate of drug-likeness (QED) is 0.786. The Labute approximate surface area is 115 Å². The van der Waals surface area contributed by atoms with E-state index in [-0.39, 0.29) is 18.5 Å². The third-order valence-electron chi connectivity index (χ3n) is 2.63. The number of piperidine rings is 1. The normalized spacial score (nSPS) is 25.2. The van der Waals surface area contributed by atoms with E-state index in [1.807, 2.05) is 0 Å². The van der Waals surface area contributed by atoms with E-state index in [0.717, 1.165) is 5.57 Å². The molecule has 0 bridgehead atoms. The molecule has 1 unspecified atom stereocenters. The van der Waals surface area contributed by atoms with Gasteiger partial charge >= 0.3 is 0 Å². The highest BCUT2D eigenvalue weighted by atomic mass is 32.2. The van der Waals surface area contributed by atoms with Gasteiger partial charge in [-0.2, -0.15) is 0 Å². The number of hydrogen-bond acceptors (Lipinski definition) is 3. The van der Waals surface area contributed by atoms with Crippen LogP contribution in [-0.2, 0) is 16.1 Å². The standard InChI is InChI=1S/C13H18N2O3S/c1-4-6-11-8-12(14-10(3)16)9-15(19(17)18)13(11)7-5-2/h4-7,12H,1-2,8-9H2,3H3,(H,14,16)(H,17,18)/p-1/b11-6-,13-7+/t12-/m1/s1. The van der Waals surface area contributed by atoms with Gasteiger partial charge in [0.2, 0.25) is 5.91 Å². The number of rotatable bonds is 4. The zero-order valence-electron chi connectivity index (χ0n) is 10.8. The van der Waals surface area contributed by atoms with Crippen LogP contribution in [-0.4, -0.2) is 31.6 Å². The Morgan fingerprint density at radius 3 is 2.58 bits per heavy atom. The molecule has 1 fully saturated rings. The van der Waals surface area contributed by atoms with Gasteiger partial charge < -0.3 is 14.2 Å². The largest absolute Gasteiger partial charge is 0.755 e. The summed E-state index contributed by atoms with van der Waals surface area (Å²) in [6, 6.07) is -0.247. The first kappa shape index (κ1) is 15.4. The second-order valence-corrected chi connectivity index (χ2v) is 4.97. The summed E-state index contributed by atoms with van der Waals surface area (Å²) >= 11 is -2.40. The maximum Gasteiger partial charge on any atom is 0.217 e. The lowest BCUT2D eigenvalue weighted by molar-refractivity contribution is -0.119. The van der Waals surface area contributed by atoms with Gasteiger partial charge in [0.05, 0.1) is 18.3 Å². The highest BCUT2D eigenvalue weighted by Gasteiger charge is 2.27. The van der Waals surface area contributed by atoms with Crippen molar-refractivity contribution in [1.29, 1.82) is 0 Å². The van der Waals surface area contributed by atoms with Gasteiger partial charge in [-0.05, 0) is 18.1 Å². The van der Waals surface area contributed by atoms with Crippen LogP contribution in [0.25, 0.3) is 0 Å². The second kappa shape index (κ2) is 7.06. The van der Waals surface area contributed by atoms with Crippen LogP contribution in [0.4, 0.5) is 0 Å². The Morgan fingerprint density at radius 1 is 1.47 bits per heavy atom. The summed E-state index contributed by atoms with van der Waals surface area (Å²) in [5.74, 6) is -0.185. The molecular formula is C13H17N2O3S-. The van der Waals surface area contributed by atoms with Gasteiger partial charge in [-0.1, -0.05) is 31.4 Å². The van der Waals surface area contributed by atoms with Gasteiger partial charge in [0.1, 0.15) is 0 Å². The molecule has 0 aromatic rings. The molecule has 1 N–H and O–H groups in total. The fraction of sp³-hybridized carbons (Fsp3) is 0.308. The molecule has 1 heterocycles. The maximum atomic E-state index is 11.3. The molecule has 1 aliphatic heterocycles. The van der Waals surface area contributed by atoms with E-state index in [0.29, 0.717) is 12.1 Å². The van der Waals surface area contributed by atoms with E-state index in [1.54, 1.807) is 18.2 Å². The molecule has 0 aliphatic carbocycles. The molecule has 0 aromatic heterocycles. The van der Waals surface area contributed by atoms with Crippen molar-refractivity contribution in [3.63, 3.8) is 0 Å². The van der Waals surface area contributed by atoms with Gasteiger partial charge in [-0.3, -0.25) is 9.00 Å². The first-order valence-corrected chi connectivity index (χ1v) is 6.81. The minimum absolute atomic E-state index is 0.185. The number of carbonyl (C=O) groups is 1. The molecule has 1 aliphatic rings. The molecule has 1 rings (SSSR count). The van der Waals surface area contributed by atoms with Gasteiger partial charge in [0.15, 0.2) is 0 Å². The predicted octanol–water partition coefficient (Wildman–Crippen LogP) is 1.17. The Kier molecular flexibility index (Phi) is 5.72. The molecule has 6 heteroatoms. The second-order valence-electron chi connectivity index (χ2n) is 4.09. The van der Waals surface area contributed by atoms with Crippen molar-refractivity contribution in [2.24, 2.45) is 0 Å². The van der Waals surface area contributed by atoms with Crippen molar-refractivity contribution in [2.75, 3.05) is 6.54 Å². The Morgan fingerprint density at radius 2 is 2.11 bits per heavy atom. The van der Waals surface area contributed by atoms with Crippen LogP contribution < -0.4 is 5.32 Å². The van der Waals surface area contributed by atoms with E-state index >= 15 is 0 Å². The molecule has 1 amide bonds. The van der Waals surface area contributed by atoms with Crippen molar-refractivity contribution in [2.45, 2.75) is 19.4 Å². The predicted molar refractivity (Wildman–Crippen MR) is 74.4 cm³/mol. The highest BCUT2D eigenvalue weighted by molar-refractivity contribution is 7.76. The van der Waals surface area contributed by atoms with Crippen molar-refractivity contribution in [3.05, 3.63) is 48.7 Å². The van der Waals surface area contributed by atoms with Gasteiger partial charge in [0, 0.05) is 18.2 Å². The Bertz CT molecular complexity index is 469. The summed E-state index contributed by atoms with van der Waals surface area (Å²) in [4.78, 5) is 11.1. The lowest BCUT2D eigenvalue weighted by Crippen LogP contribution is -2.47. The lowest BCUT2D eigenvalue weighted by Gasteiger charge is -2.38. The number of nitrogens with zero attached hydrogens (tertiary/aromatic N) is 1. The van der Waals surface area contributed by atoms with Crippen LogP contribution in [0, 0.1) is 0 Å². The minimum Gasteiger partial charge on any atom is -0.755 e. The third-order valence-corrected chi connectivity index (χ3v) is 3.34. The number of carbonyl (C=O) groups excluding carboxylic acids is 1. The smallest absolute Gasteiger partial charge is 0.217 e. The van der Waals surface area contributed by atoms with E-state index in [1.165, 1.54) is 17.3 Å². The Hall–Kier alpha value is -1.66. The molecule has 0 saturated carbocycles. The highest BCUT2D eigenvalue weighted by Crippen LogP contribution is 2.27. The fourth-order valence-corrected chi connectivity index (χ4v) is 2.66. The topological polar surface area (TPSA) is 72.5 Å². The third kappa shape index (κ3) is 4.18. The molecule has 0 spiro atoms.